The third-order valence-electron chi connectivity index (χ3n) is 4.26. The zero-order chi connectivity index (χ0) is 17.6. The summed E-state index contributed by atoms with van der Waals surface area (Å²) < 4.78 is 14.1. The number of hydrogen-bond donors (Lipinski definition) is 1. The molecule has 0 spiro atoms. The first-order valence-electron chi connectivity index (χ1n) is 7.75. The first-order chi connectivity index (χ1) is 12.0. The average molecular weight is 471 g/mol. The van der Waals surface area contributed by atoms with Crippen LogP contribution in [-0.2, 0) is 11.3 Å². The van der Waals surface area contributed by atoms with Gasteiger partial charge in [0.15, 0.2) is 0 Å². The molecule has 1 saturated heterocycles. The van der Waals surface area contributed by atoms with Crippen LogP contribution in [0.4, 0.5) is 0 Å². The van der Waals surface area contributed by atoms with E-state index in [4.69, 9.17) is 14.3 Å². The molecule has 1 aliphatic rings. The molecule has 0 radical (unpaired) electrons. The predicted molar refractivity (Wildman–Crippen MR) is 97.7 cm³/mol. The molecule has 1 aromatic carbocycles. The van der Waals surface area contributed by atoms with Gasteiger partial charge in [-0.15, -0.1) is 0 Å². The number of halogens is 1. The molecule has 0 atom stereocenters. The first-order valence-corrected chi connectivity index (χ1v) is 10.3. The van der Waals surface area contributed by atoms with Crippen LogP contribution in [-0.4, -0.2) is 56.8 Å². The fourth-order valence-electron chi connectivity index (χ4n) is 2.96. The maximum atomic E-state index is 12.0. The second kappa shape index (κ2) is 6.70. The fourth-order valence-corrected chi connectivity index (χ4v) is 6.71. The molecule has 8 heteroatoms. The molecule has 0 aliphatic carbocycles. The molecule has 130 valence electrons. The van der Waals surface area contributed by atoms with Gasteiger partial charge < -0.3 is 0 Å². The van der Waals surface area contributed by atoms with Crippen LogP contribution >= 0.6 is 15.9 Å². The summed E-state index contributed by atoms with van der Waals surface area (Å²) in [4.78, 5) is 25.5. The molecule has 1 N–H and O–H groups in total. The Morgan fingerprint density at radius 1 is 1.32 bits per heavy atom. The Labute approximate surface area is 156 Å². The van der Waals surface area contributed by atoms with Crippen molar-refractivity contribution >= 4 is 57.0 Å². The topological polar surface area (TPSA) is 80.0 Å². The van der Waals surface area contributed by atoms with Crippen molar-refractivity contribution in [3.05, 3.63) is 43.1 Å². The fraction of sp³-hybridized carbons (Fsp3) is 0.294. The van der Waals surface area contributed by atoms with Gasteiger partial charge in [0.2, 0.25) is 0 Å². The Bertz CT molecular complexity index is 1030. The van der Waals surface area contributed by atoms with E-state index in [0.29, 0.717) is 11.0 Å². The van der Waals surface area contributed by atoms with Gasteiger partial charge in [-0.1, -0.05) is 0 Å². The Balaban J connectivity index is 1.84. The van der Waals surface area contributed by atoms with Gasteiger partial charge in [0.1, 0.15) is 0 Å². The Morgan fingerprint density at radius 3 is 2.80 bits per heavy atom. The molecule has 1 aliphatic heterocycles. The summed E-state index contributed by atoms with van der Waals surface area (Å²) in [6.45, 7) is 4.18. The van der Waals surface area contributed by atoms with Crippen molar-refractivity contribution in [1.82, 2.24) is 4.90 Å². The molecule has 3 heterocycles. The molecular formula is C17H14BrNO5Se. The van der Waals surface area contributed by atoms with Crippen molar-refractivity contribution in [2.24, 2.45) is 0 Å². The number of fused-ring (bicyclic) bond motifs is 3. The number of nitrogens with zero attached hydrogens (tertiary/aromatic N) is 1. The van der Waals surface area contributed by atoms with E-state index >= 15 is 0 Å². The molecule has 0 bridgehead atoms. The zero-order valence-corrected chi connectivity index (χ0v) is 16.4. The molecule has 0 saturated carbocycles. The average Bonchev–Trinajstić information content (AvgIpc) is 2.91. The standard InChI is InChI=1S/C17H14BrNO5Se/c18-13-10-2-1-9-7-11(16(20)21)17(22)24-14(9)15(10)25-12(13)8-19-3-5-23-6-4-19/h1-2,7H,3-6,8H2,(H,20,21). The van der Waals surface area contributed by atoms with Crippen LogP contribution in [0.15, 0.2) is 31.9 Å². The summed E-state index contributed by atoms with van der Waals surface area (Å²) in [5, 5.41) is 10.8. The summed E-state index contributed by atoms with van der Waals surface area (Å²) >= 11 is 3.72. The molecular weight excluding hydrogens is 457 g/mol. The van der Waals surface area contributed by atoms with E-state index in [2.05, 4.69) is 20.8 Å². The van der Waals surface area contributed by atoms with E-state index in [9.17, 15) is 9.59 Å². The van der Waals surface area contributed by atoms with Gasteiger partial charge in [-0.3, -0.25) is 0 Å². The number of carboxylic acids is 1. The molecule has 1 fully saturated rings. The predicted octanol–water partition coefficient (Wildman–Crippen LogP) is 2.30. The van der Waals surface area contributed by atoms with Crippen molar-refractivity contribution < 1.29 is 19.1 Å². The van der Waals surface area contributed by atoms with E-state index in [0.717, 1.165) is 47.0 Å². The van der Waals surface area contributed by atoms with Crippen LogP contribution < -0.4 is 5.63 Å². The molecule has 0 unspecified atom stereocenters. The van der Waals surface area contributed by atoms with Crippen molar-refractivity contribution in [2.45, 2.75) is 6.54 Å². The third-order valence-corrected chi connectivity index (χ3v) is 8.26. The summed E-state index contributed by atoms with van der Waals surface area (Å²) in [5.41, 5.74) is -0.637. The number of hydrogen-bond acceptors (Lipinski definition) is 5. The van der Waals surface area contributed by atoms with Crippen molar-refractivity contribution in [3.63, 3.8) is 0 Å². The van der Waals surface area contributed by atoms with E-state index in [1.807, 2.05) is 6.07 Å². The van der Waals surface area contributed by atoms with Gasteiger partial charge >= 0.3 is 157 Å². The van der Waals surface area contributed by atoms with E-state index in [1.54, 1.807) is 6.07 Å². The number of aromatic carboxylic acids is 1. The van der Waals surface area contributed by atoms with Gasteiger partial charge in [0, 0.05) is 0 Å². The van der Waals surface area contributed by atoms with Crippen LogP contribution in [0.25, 0.3) is 20.6 Å². The van der Waals surface area contributed by atoms with Crippen LogP contribution in [0.3, 0.4) is 0 Å². The van der Waals surface area contributed by atoms with E-state index in [-0.39, 0.29) is 20.1 Å². The monoisotopic (exact) mass is 471 g/mol. The summed E-state index contributed by atoms with van der Waals surface area (Å²) in [6.07, 6.45) is 0. The molecule has 3 aromatic rings. The van der Waals surface area contributed by atoms with Gasteiger partial charge in [-0.2, -0.15) is 0 Å². The molecule has 25 heavy (non-hydrogen) atoms. The van der Waals surface area contributed by atoms with Gasteiger partial charge in [-0.05, 0) is 0 Å². The zero-order valence-electron chi connectivity index (χ0n) is 13.1. The first kappa shape index (κ1) is 17.0. The number of carboxylic acid groups (broad SMARTS) is 1. The second-order valence-corrected chi connectivity index (χ2v) is 8.95. The van der Waals surface area contributed by atoms with Crippen LogP contribution in [0, 0.1) is 0 Å². The summed E-state index contributed by atoms with van der Waals surface area (Å²) in [6, 6.07) is 5.16. The number of benzene rings is 1. The van der Waals surface area contributed by atoms with Crippen molar-refractivity contribution in [2.75, 3.05) is 26.3 Å². The van der Waals surface area contributed by atoms with E-state index in [1.165, 1.54) is 10.5 Å². The molecule has 2 aromatic heterocycles. The number of ether oxygens (including phenoxy) is 1. The van der Waals surface area contributed by atoms with Gasteiger partial charge in [0.25, 0.3) is 0 Å². The minimum atomic E-state index is -1.27. The van der Waals surface area contributed by atoms with Gasteiger partial charge in [0.05, 0.1) is 0 Å². The number of carbonyl (C=O) groups is 1. The number of morpholine rings is 1. The van der Waals surface area contributed by atoms with Crippen LogP contribution in [0.2, 0.25) is 0 Å². The van der Waals surface area contributed by atoms with Crippen molar-refractivity contribution in [1.29, 1.82) is 0 Å². The Hall–Kier alpha value is -1.44. The maximum absolute atomic E-state index is 12.0. The van der Waals surface area contributed by atoms with Gasteiger partial charge in [-0.25, -0.2) is 0 Å². The Morgan fingerprint density at radius 2 is 2.08 bits per heavy atom. The molecule has 4 rings (SSSR count). The van der Waals surface area contributed by atoms with Crippen molar-refractivity contribution in [3.8, 4) is 0 Å². The normalized spacial score (nSPS) is 15.9. The summed E-state index contributed by atoms with van der Waals surface area (Å²) in [7, 11) is 0. The SMILES string of the molecule is O=C(O)c1cc2ccc3c(Br)c(CN4CCOCC4)[se]c3c2oc1=O. The van der Waals surface area contributed by atoms with Crippen LogP contribution in [0.5, 0.6) is 0 Å². The van der Waals surface area contributed by atoms with Crippen LogP contribution in [0.1, 0.15) is 14.8 Å². The van der Waals surface area contributed by atoms with E-state index < -0.39 is 11.6 Å². The quantitative estimate of drug-likeness (QED) is 0.467. The third kappa shape index (κ3) is 3.09. The molecule has 0 amide bonds. The number of rotatable bonds is 3. The Kier molecular flexibility index (Phi) is 4.56. The minimum absolute atomic E-state index is 0.0205. The molecule has 6 nitrogen and oxygen atoms in total. The second-order valence-electron chi connectivity index (χ2n) is 5.84. The summed E-state index contributed by atoms with van der Waals surface area (Å²) in [5.74, 6) is -1.27.